The van der Waals surface area contributed by atoms with Crippen LogP contribution in [0, 0.1) is 9.49 Å². The normalized spacial score (nSPS) is 14.7. The summed E-state index contributed by atoms with van der Waals surface area (Å²) in [7, 11) is 1.64. The van der Waals surface area contributed by atoms with Gasteiger partial charge in [0.2, 0.25) is 11.8 Å². The number of carbonyl (C=O) groups excluding carboxylic acids is 3. The van der Waals surface area contributed by atoms with Gasteiger partial charge in [0.1, 0.15) is 0 Å². The van der Waals surface area contributed by atoms with E-state index in [4.69, 9.17) is 4.74 Å². The van der Waals surface area contributed by atoms with Gasteiger partial charge >= 0.3 is 0 Å². The number of ether oxygens (including phenoxy) is 1. The van der Waals surface area contributed by atoms with Crippen molar-refractivity contribution in [3.05, 3.63) is 33.4 Å². The minimum atomic E-state index is -0.251. The molecule has 1 heterocycles. The van der Waals surface area contributed by atoms with Gasteiger partial charge in [-0.05, 0) is 54.0 Å². The van der Waals surface area contributed by atoms with Crippen LogP contribution in [0.2, 0.25) is 0 Å². The molecule has 0 radical (unpaired) electrons. The summed E-state index contributed by atoms with van der Waals surface area (Å²) in [6.07, 6.45) is 2.08. The molecule has 0 aliphatic carbocycles. The van der Waals surface area contributed by atoms with E-state index in [9.17, 15) is 14.4 Å². The topological polar surface area (TPSA) is 87.7 Å². The minimum Gasteiger partial charge on any atom is -0.385 e. The highest BCUT2D eigenvalue weighted by Crippen LogP contribution is 2.17. The third-order valence-electron chi connectivity index (χ3n) is 4.56. The van der Waals surface area contributed by atoms with Crippen LogP contribution in [0.3, 0.4) is 0 Å². The van der Waals surface area contributed by atoms with Crippen LogP contribution in [0.25, 0.3) is 0 Å². The van der Waals surface area contributed by atoms with E-state index in [2.05, 4.69) is 33.2 Å². The zero-order chi connectivity index (χ0) is 19.6. The Kier molecular flexibility index (Phi) is 8.99. The summed E-state index contributed by atoms with van der Waals surface area (Å²) in [5.41, 5.74) is 0.565. The van der Waals surface area contributed by atoms with Crippen LogP contribution < -0.4 is 10.6 Å². The Morgan fingerprint density at radius 1 is 1.19 bits per heavy atom. The lowest BCUT2D eigenvalue weighted by Crippen LogP contribution is -2.46. The number of nitrogens with zero attached hydrogens (tertiary/aromatic N) is 1. The summed E-state index contributed by atoms with van der Waals surface area (Å²) >= 11 is 2.10. The first-order valence-corrected chi connectivity index (χ1v) is 10.2. The molecule has 1 aliphatic heterocycles. The third kappa shape index (κ3) is 6.76. The van der Waals surface area contributed by atoms with Crippen molar-refractivity contribution < 1.29 is 19.1 Å². The maximum atomic E-state index is 12.3. The monoisotopic (exact) mass is 487 g/mol. The van der Waals surface area contributed by atoms with Crippen LogP contribution in [0.5, 0.6) is 0 Å². The molecule has 1 aromatic carbocycles. The Morgan fingerprint density at radius 3 is 2.56 bits per heavy atom. The van der Waals surface area contributed by atoms with Gasteiger partial charge in [0.15, 0.2) is 0 Å². The van der Waals surface area contributed by atoms with Gasteiger partial charge in [-0.15, -0.1) is 0 Å². The lowest BCUT2D eigenvalue weighted by Gasteiger charge is -2.31. The SMILES string of the molecule is COCCCNC(=O)C1CCN(C(=O)CNC(=O)c2ccccc2I)CC1. The summed E-state index contributed by atoms with van der Waals surface area (Å²) < 4.78 is 5.80. The van der Waals surface area contributed by atoms with Gasteiger partial charge in [-0.2, -0.15) is 0 Å². The first kappa shape index (κ1) is 21.6. The molecule has 0 saturated carbocycles. The molecule has 3 amide bonds. The predicted molar refractivity (Wildman–Crippen MR) is 110 cm³/mol. The van der Waals surface area contributed by atoms with E-state index >= 15 is 0 Å². The molecule has 0 bridgehead atoms. The number of amides is 3. The summed E-state index contributed by atoms with van der Waals surface area (Å²) in [5, 5.41) is 5.60. The van der Waals surface area contributed by atoms with E-state index < -0.39 is 0 Å². The molecule has 1 aliphatic rings. The summed E-state index contributed by atoms with van der Waals surface area (Å²) in [6.45, 7) is 2.27. The minimum absolute atomic E-state index is 0.0301. The highest BCUT2D eigenvalue weighted by atomic mass is 127. The van der Waals surface area contributed by atoms with Gasteiger partial charge in [-0.3, -0.25) is 14.4 Å². The summed E-state index contributed by atoms with van der Waals surface area (Å²) in [5.74, 6) is -0.380. The molecule has 7 nitrogen and oxygen atoms in total. The van der Waals surface area contributed by atoms with Crippen molar-refractivity contribution in [1.29, 1.82) is 0 Å². The van der Waals surface area contributed by atoms with E-state index in [0.717, 1.165) is 9.99 Å². The largest absolute Gasteiger partial charge is 0.385 e. The zero-order valence-electron chi connectivity index (χ0n) is 15.5. The zero-order valence-corrected chi connectivity index (χ0v) is 17.7. The number of nitrogens with one attached hydrogen (secondary N) is 2. The number of halogens is 1. The molecule has 0 unspecified atom stereocenters. The fraction of sp³-hybridized carbons (Fsp3) is 0.526. The summed E-state index contributed by atoms with van der Waals surface area (Å²) in [6, 6.07) is 7.24. The number of rotatable bonds is 8. The van der Waals surface area contributed by atoms with Crippen molar-refractivity contribution in [3.63, 3.8) is 0 Å². The molecule has 27 heavy (non-hydrogen) atoms. The van der Waals surface area contributed by atoms with Gasteiger partial charge in [0, 0.05) is 42.8 Å². The van der Waals surface area contributed by atoms with Crippen LogP contribution in [-0.2, 0) is 14.3 Å². The van der Waals surface area contributed by atoms with Gasteiger partial charge in [0.25, 0.3) is 5.91 Å². The Morgan fingerprint density at radius 2 is 1.89 bits per heavy atom. The average molecular weight is 487 g/mol. The molecule has 2 rings (SSSR count). The number of methoxy groups -OCH3 is 1. The fourth-order valence-electron chi connectivity index (χ4n) is 2.97. The van der Waals surface area contributed by atoms with E-state index in [1.54, 1.807) is 24.1 Å². The number of carbonyl (C=O) groups is 3. The second kappa shape index (κ2) is 11.2. The second-order valence-electron chi connectivity index (χ2n) is 6.45. The van der Waals surface area contributed by atoms with E-state index in [0.29, 0.717) is 44.6 Å². The molecule has 1 saturated heterocycles. The van der Waals surface area contributed by atoms with E-state index in [-0.39, 0.29) is 30.2 Å². The van der Waals surface area contributed by atoms with Crippen molar-refractivity contribution >= 4 is 40.3 Å². The van der Waals surface area contributed by atoms with E-state index in [1.165, 1.54) is 0 Å². The summed E-state index contributed by atoms with van der Waals surface area (Å²) in [4.78, 5) is 38.4. The lowest BCUT2D eigenvalue weighted by molar-refractivity contribution is -0.134. The molecular weight excluding hydrogens is 461 g/mol. The first-order chi connectivity index (χ1) is 13.0. The quantitative estimate of drug-likeness (QED) is 0.429. The Bertz CT molecular complexity index is 660. The molecule has 8 heteroatoms. The third-order valence-corrected chi connectivity index (χ3v) is 5.50. The number of benzene rings is 1. The van der Waals surface area contributed by atoms with Gasteiger partial charge in [0.05, 0.1) is 12.1 Å². The highest BCUT2D eigenvalue weighted by Gasteiger charge is 2.27. The Balaban J connectivity index is 1.71. The maximum absolute atomic E-state index is 12.3. The molecule has 0 atom stereocenters. The maximum Gasteiger partial charge on any atom is 0.252 e. The molecule has 1 aromatic rings. The smallest absolute Gasteiger partial charge is 0.252 e. The highest BCUT2D eigenvalue weighted by molar-refractivity contribution is 14.1. The molecular formula is C19H26IN3O4. The van der Waals surface area contributed by atoms with Crippen molar-refractivity contribution in [3.8, 4) is 0 Å². The van der Waals surface area contributed by atoms with Gasteiger partial charge in [-0.1, -0.05) is 12.1 Å². The lowest BCUT2D eigenvalue weighted by atomic mass is 9.96. The molecule has 1 fully saturated rings. The van der Waals surface area contributed by atoms with Crippen molar-refractivity contribution in [1.82, 2.24) is 15.5 Å². The predicted octanol–water partition coefficient (Wildman–Crippen LogP) is 1.41. The van der Waals surface area contributed by atoms with Crippen LogP contribution >= 0.6 is 22.6 Å². The van der Waals surface area contributed by atoms with Crippen molar-refractivity contribution in [2.75, 3.05) is 39.9 Å². The Labute approximate surface area is 173 Å². The van der Waals surface area contributed by atoms with Crippen molar-refractivity contribution in [2.45, 2.75) is 19.3 Å². The fourth-order valence-corrected chi connectivity index (χ4v) is 3.60. The average Bonchev–Trinajstić information content (AvgIpc) is 2.69. The number of hydrogen-bond donors (Lipinski definition) is 2. The Hall–Kier alpha value is -1.68. The number of likely N-dealkylation sites (tertiary alicyclic amines) is 1. The van der Waals surface area contributed by atoms with Crippen LogP contribution in [0.1, 0.15) is 29.6 Å². The first-order valence-electron chi connectivity index (χ1n) is 9.10. The number of hydrogen-bond acceptors (Lipinski definition) is 4. The molecule has 148 valence electrons. The molecule has 2 N–H and O–H groups in total. The number of piperidine rings is 1. The van der Waals surface area contributed by atoms with Crippen LogP contribution in [0.4, 0.5) is 0 Å². The van der Waals surface area contributed by atoms with E-state index in [1.807, 2.05) is 12.1 Å². The standard InChI is InChI=1S/C19H26IN3O4/c1-27-12-4-9-21-18(25)14-7-10-23(11-8-14)17(24)13-22-19(26)15-5-2-3-6-16(15)20/h2-3,5-6,14H,4,7-13H2,1H3,(H,21,25)(H,22,26). The van der Waals surface area contributed by atoms with Crippen molar-refractivity contribution in [2.24, 2.45) is 5.92 Å². The molecule has 0 aromatic heterocycles. The van der Waals surface area contributed by atoms with Gasteiger partial charge < -0.3 is 20.3 Å². The molecule has 0 spiro atoms. The van der Waals surface area contributed by atoms with Gasteiger partial charge in [-0.25, -0.2) is 0 Å². The van der Waals surface area contributed by atoms with Crippen LogP contribution in [-0.4, -0.2) is 62.5 Å². The van der Waals surface area contributed by atoms with Crippen LogP contribution in [0.15, 0.2) is 24.3 Å². The second-order valence-corrected chi connectivity index (χ2v) is 7.62.